The molecule has 0 heterocycles. The van der Waals surface area contributed by atoms with Gasteiger partial charge in [-0.3, -0.25) is 4.79 Å². The lowest BCUT2D eigenvalue weighted by atomic mass is 10.1. The number of rotatable bonds is 7. The second-order valence-corrected chi connectivity index (χ2v) is 9.15. The molecule has 0 aromatic heterocycles. The van der Waals surface area contributed by atoms with Gasteiger partial charge in [0.2, 0.25) is 10.0 Å². The van der Waals surface area contributed by atoms with Crippen LogP contribution in [0.1, 0.15) is 41.9 Å². The molecule has 0 fully saturated rings. The number of anilines is 1. The normalized spacial score (nSPS) is 12.8. The third kappa shape index (κ3) is 5.33. The van der Waals surface area contributed by atoms with Crippen molar-refractivity contribution >= 4 is 33.4 Å². The van der Waals surface area contributed by atoms with Gasteiger partial charge in [0.1, 0.15) is 0 Å². The molecule has 140 valence electrons. The topological polar surface area (TPSA) is 75.3 Å². The highest BCUT2D eigenvalue weighted by atomic mass is 32.2. The fourth-order valence-electron chi connectivity index (χ4n) is 2.37. The van der Waals surface area contributed by atoms with E-state index in [1.165, 1.54) is 24.3 Å². The van der Waals surface area contributed by atoms with Gasteiger partial charge in [-0.05, 0) is 69.0 Å². The second-order valence-electron chi connectivity index (χ2n) is 6.26. The highest BCUT2D eigenvalue weighted by Gasteiger charge is 2.16. The summed E-state index contributed by atoms with van der Waals surface area (Å²) in [6.07, 6.45) is 2.04. The van der Waals surface area contributed by atoms with Crippen LogP contribution in [-0.2, 0) is 10.0 Å². The maximum Gasteiger partial charge on any atom is 0.255 e. The Hall–Kier alpha value is -1.83. The van der Waals surface area contributed by atoms with Crippen molar-refractivity contribution < 1.29 is 13.2 Å². The predicted molar refractivity (Wildman–Crippen MR) is 108 cm³/mol. The van der Waals surface area contributed by atoms with Crippen LogP contribution in [0.2, 0.25) is 0 Å². The molecule has 0 aliphatic carbocycles. The Labute approximate surface area is 159 Å². The van der Waals surface area contributed by atoms with E-state index in [-0.39, 0.29) is 16.8 Å². The Bertz CT molecular complexity index is 863. The molecule has 2 rings (SSSR count). The van der Waals surface area contributed by atoms with Crippen LogP contribution >= 0.6 is 11.8 Å². The summed E-state index contributed by atoms with van der Waals surface area (Å²) in [7, 11) is -3.56. The summed E-state index contributed by atoms with van der Waals surface area (Å²) in [6.45, 7) is 5.62. The quantitative estimate of drug-likeness (QED) is 0.745. The molecule has 0 spiro atoms. The van der Waals surface area contributed by atoms with E-state index in [9.17, 15) is 13.2 Å². The first-order chi connectivity index (χ1) is 12.2. The van der Waals surface area contributed by atoms with Crippen molar-refractivity contribution in [1.29, 1.82) is 0 Å². The minimum atomic E-state index is -3.56. The van der Waals surface area contributed by atoms with Crippen molar-refractivity contribution in [2.24, 2.45) is 0 Å². The summed E-state index contributed by atoms with van der Waals surface area (Å²) >= 11 is 1.73. The molecule has 2 aromatic rings. The smallest absolute Gasteiger partial charge is 0.255 e. The third-order valence-electron chi connectivity index (χ3n) is 3.79. The van der Waals surface area contributed by atoms with E-state index in [1.807, 2.05) is 30.5 Å². The van der Waals surface area contributed by atoms with Crippen molar-refractivity contribution in [3.63, 3.8) is 0 Å². The lowest BCUT2D eigenvalue weighted by molar-refractivity contribution is 0.102. The Balaban J connectivity index is 2.14. The van der Waals surface area contributed by atoms with Gasteiger partial charge >= 0.3 is 0 Å². The molecular weight excluding hydrogens is 368 g/mol. The second kappa shape index (κ2) is 8.70. The van der Waals surface area contributed by atoms with Crippen molar-refractivity contribution in [3.8, 4) is 0 Å². The van der Waals surface area contributed by atoms with E-state index >= 15 is 0 Å². The molecule has 1 unspecified atom stereocenters. The first kappa shape index (κ1) is 20.5. The van der Waals surface area contributed by atoms with Gasteiger partial charge in [0.25, 0.3) is 5.91 Å². The molecule has 1 atom stereocenters. The first-order valence-corrected chi connectivity index (χ1v) is 11.1. The van der Waals surface area contributed by atoms with Crippen LogP contribution in [0.15, 0.2) is 53.4 Å². The number of carbonyl (C=O) groups is 1. The number of benzene rings is 2. The number of hydrogen-bond acceptors (Lipinski definition) is 4. The third-order valence-corrected chi connectivity index (χ3v) is 6.44. The summed E-state index contributed by atoms with van der Waals surface area (Å²) in [5.74, 6) is -0.278. The fourth-order valence-corrected chi connectivity index (χ4v) is 4.04. The number of amides is 1. The standard InChI is InChI=1S/C19H24N2O3S2/c1-13(2)21-26(23,24)18-10-8-15(9-11-18)19(22)20-17-7-5-6-16(12-17)14(3)25-4/h5-14,21H,1-4H3,(H,20,22). The van der Waals surface area contributed by atoms with Gasteiger partial charge in [-0.25, -0.2) is 13.1 Å². The maximum atomic E-state index is 12.4. The predicted octanol–water partition coefficient (Wildman–Crippen LogP) is 4.05. The molecule has 5 nitrogen and oxygen atoms in total. The van der Waals surface area contributed by atoms with Crippen LogP contribution in [0, 0.1) is 0 Å². The SMILES string of the molecule is CSC(C)c1cccc(NC(=O)c2ccc(S(=O)(=O)NC(C)C)cc2)c1. The summed E-state index contributed by atoms with van der Waals surface area (Å²) in [6, 6.07) is 13.4. The molecule has 7 heteroatoms. The van der Waals surface area contributed by atoms with Gasteiger partial charge in [0, 0.05) is 22.5 Å². The van der Waals surface area contributed by atoms with Gasteiger partial charge < -0.3 is 5.32 Å². The highest BCUT2D eigenvalue weighted by Crippen LogP contribution is 2.27. The van der Waals surface area contributed by atoms with Crippen LogP contribution in [0.25, 0.3) is 0 Å². The van der Waals surface area contributed by atoms with Crippen molar-refractivity contribution in [1.82, 2.24) is 4.72 Å². The van der Waals surface area contributed by atoms with Crippen LogP contribution in [0.5, 0.6) is 0 Å². The number of nitrogens with one attached hydrogen (secondary N) is 2. The molecule has 26 heavy (non-hydrogen) atoms. The summed E-state index contributed by atoms with van der Waals surface area (Å²) in [5.41, 5.74) is 2.25. The number of carbonyl (C=O) groups excluding carboxylic acids is 1. The van der Waals surface area contributed by atoms with E-state index in [4.69, 9.17) is 0 Å². The Morgan fingerprint density at radius 2 is 1.69 bits per heavy atom. The van der Waals surface area contributed by atoms with Gasteiger partial charge in [0.05, 0.1) is 4.90 Å². The molecule has 1 amide bonds. The summed E-state index contributed by atoms with van der Waals surface area (Å²) in [4.78, 5) is 12.6. The molecular formula is C19H24N2O3S2. The highest BCUT2D eigenvalue weighted by molar-refractivity contribution is 7.98. The average molecular weight is 393 g/mol. The molecule has 0 aliphatic heterocycles. The van der Waals surface area contributed by atoms with E-state index in [2.05, 4.69) is 17.0 Å². The maximum absolute atomic E-state index is 12.4. The average Bonchev–Trinajstić information content (AvgIpc) is 2.60. The Morgan fingerprint density at radius 1 is 1.04 bits per heavy atom. The number of sulfonamides is 1. The van der Waals surface area contributed by atoms with Crippen LogP contribution in [-0.4, -0.2) is 26.6 Å². The molecule has 2 N–H and O–H groups in total. The minimum absolute atomic E-state index is 0.138. The van der Waals surface area contributed by atoms with Crippen LogP contribution < -0.4 is 10.0 Å². The summed E-state index contributed by atoms with van der Waals surface area (Å²) < 4.78 is 26.8. The van der Waals surface area contributed by atoms with E-state index in [1.54, 1.807) is 25.6 Å². The first-order valence-electron chi connectivity index (χ1n) is 8.29. The molecule has 0 radical (unpaired) electrons. The minimum Gasteiger partial charge on any atom is -0.322 e. The van der Waals surface area contributed by atoms with Gasteiger partial charge in [-0.2, -0.15) is 11.8 Å². The van der Waals surface area contributed by atoms with E-state index in [0.29, 0.717) is 16.5 Å². The number of thioether (sulfide) groups is 1. The fraction of sp³-hybridized carbons (Fsp3) is 0.316. The van der Waals surface area contributed by atoms with Crippen molar-refractivity contribution in [3.05, 3.63) is 59.7 Å². The van der Waals surface area contributed by atoms with Crippen molar-refractivity contribution in [2.45, 2.75) is 37.0 Å². The largest absolute Gasteiger partial charge is 0.322 e. The Morgan fingerprint density at radius 3 is 2.27 bits per heavy atom. The zero-order valence-corrected chi connectivity index (χ0v) is 16.9. The van der Waals surface area contributed by atoms with E-state index < -0.39 is 10.0 Å². The van der Waals surface area contributed by atoms with Crippen molar-refractivity contribution in [2.75, 3.05) is 11.6 Å². The zero-order chi connectivity index (χ0) is 19.3. The lowest BCUT2D eigenvalue weighted by Gasteiger charge is -2.12. The molecule has 2 aromatic carbocycles. The molecule has 0 saturated heterocycles. The molecule has 0 aliphatic rings. The monoisotopic (exact) mass is 392 g/mol. The molecule has 0 saturated carbocycles. The van der Waals surface area contributed by atoms with E-state index in [0.717, 1.165) is 5.56 Å². The van der Waals surface area contributed by atoms with Gasteiger partial charge in [-0.1, -0.05) is 12.1 Å². The number of hydrogen-bond donors (Lipinski definition) is 2. The summed E-state index contributed by atoms with van der Waals surface area (Å²) in [5, 5.41) is 3.19. The van der Waals surface area contributed by atoms with Crippen LogP contribution in [0.4, 0.5) is 5.69 Å². The Kier molecular flexibility index (Phi) is 6.86. The van der Waals surface area contributed by atoms with Crippen LogP contribution in [0.3, 0.4) is 0 Å². The lowest BCUT2D eigenvalue weighted by Crippen LogP contribution is -2.30. The molecule has 0 bridgehead atoms. The zero-order valence-electron chi connectivity index (χ0n) is 15.3. The van der Waals surface area contributed by atoms with Gasteiger partial charge in [0.15, 0.2) is 0 Å². The van der Waals surface area contributed by atoms with Gasteiger partial charge in [-0.15, -0.1) is 0 Å².